The SMILES string of the molecule is COc1ccccc1CNC(=O)C1(C(=O)Nc2ccc(Cl)cc2C)CC1. The van der Waals surface area contributed by atoms with Crippen LogP contribution in [0.15, 0.2) is 42.5 Å². The second kappa shape index (κ2) is 7.38. The third kappa shape index (κ3) is 3.68. The maximum atomic E-state index is 12.7. The van der Waals surface area contributed by atoms with Gasteiger partial charge in [-0.25, -0.2) is 0 Å². The molecule has 2 aromatic carbocycles. The molecule has 5 nitrogen and oxygen atoms in total. The summed E-state index contributed by atoms with van der Waals surface area (Å²) in [5.74, 6) is 0.173. The van der Waals surface area contributed by atoms with E-state index in [0.29, 0.717) is 35.8 Å². The number of carbonyl (C=O) groups excluding carboxylic acids is 2. The molecule has 0 radical (unpaired) electrons. The highest BCUT2D eigenvalue weighted by Crippen LogP contribution is 2.47. The van der Waals surface area contributed by atoms with Crippen molar-refractivity contribution in [3.05, 3.63) is 58.6 Å². The van der Waals surface area contributed by atoms with E-state index in [-0.39, 0.29) is 11.8 Å². The molecule has 0 spiro atoms. The van der Waals surface area contributed by atoms with Crippen LogP contribution in [0.2, 0.25) is 5.02 Å². The molecule has 136 valence electrons. The molecule has 1 aliphatic rings. The molecule has 2 aromatic rings. The second-order valence-electron chi connectivity index (χ2n) is 6.49. The number of para-hydroxylation sites is 1. The fraction of sp³-hybridized carbons (Fsp3) is 0.300. The predicted octanol–water partition coefficient (Wildman–Crippen LogP) is 3.69. The van der Waals surface area contributed by atoms with Gasteiger partial charge >= 0.3 is 0 Å². The van der Waals surface area contributed by atoms with E-state index in [4.69, 9.17) is 16.3 Å². The van der Waals surface area contributed by atoms with E-state index in [1.54, 1.807) is 25.3 Å². The maximum absolute atomic E-state index is 12.7. The summed E-state index contributed by atoms with van der Waals surface area (Å²) in [6.07, 6.45) is 1.09. The summed E-state index contributed by atoms with van der Waals surface area (Å²) in [7, 11) is 1.59. The van der Waals surface area contributed by atoms with Crippen molar-refractivity contribution in [1.82, 2.24) is 5.32 Å². The van der Waals surface area contributed by atoms with Gasteiger partial charge in [0.1, 0.15) is 11.2 Å². The molecule has 0 bridgehead atoms. The minimum atomic E-state index is -0.992. The fourth-order valence-corrected chi connectivity index (χ4v) is 3.11. The Morgan fingerprint density at radius 2 is 1.88 bits per heavy atom. The Kier molecular flexibility index (Phi) is 5.18. The lowest BCUT2D eigenvalue weighted by molar-refractivity contribution is -0.134. The summed E-state index contributed by atoms with van der Waals surface area (Å²) in [6, 6.07) is 12.7. The van der Waals surface area contributed by atoms with Gasteiger partial charge in [0.25, 0.3) is 0 Å². The molecule has 1 fully saturated rings. The Labute approximate surface area is 157 Å². The molecule has 0 unspecified atom stereocenters. The van der Waals surface area contributed by atoms with Gasteiger partial charge in [-0.2, -0.15) is 0 Å². The normalized spacial score (nSPS) is 14.4. The summed E-state index contributed by atoms with van der Waals surface area (Å²) in [5.41, 5.74) is 1.40. The summed E-state index contributed by atoms with van der Waals surface area (Å²) in [6.45, 7) is 2.18. The fourth-order valence-electron chi connectivity index (χ4n) is 2.89. The molecule has 0 atom stereocenters. The number of benzene rings is 2. The van der Waals surface area contributed by atoms with E-state index in [9.17, 15) is 9.59 Å². The molecule has 6 heteroatoms. The van der Waals surface area contributed by atoms with Crippen LogP contribution in [0.5, 0.6) is 5.75 Å². The lowest BCUT2D eigenvalue weighted by Crippen LogP contribution is -2.39. The molecule has 0 aliphatic heterocycles. The molecule has 0 aromatic heterocycles. The molecule has 2 N–H and O–H groups in total. The van der Waals surface area contributed by atoms with Crippen molar-refractivity contribution in [2.24, 2.45) is 5.41 Å². The van der Waals surface area contributed by atoms with Crippen LogP contribution in [0.3, 0.4) is 0 Å². The number of methoxy groups -OCH3 is 1. The lowest BCUT2D eigenvalue weighted by atomic mass is 10.0. The number of hydrogen-bond donors (Lipinski definition) is 2. The van der Waals surface area contributed by atoms with E-state index >= 15 is 0 Å². The van der Waals surface area contributed by atoms with E-state index in [2.05, 4.69) is 10.6 Å². The van der Waals surface area contributed by atoms with E-state index in [1.807, 2.05) is 31.2 Å². The Bertz CT molecular complexity index is 847. The van der Waals surface area contributed by atoms with Gasteiger partial charge in [0.2, 0.25) is 11.8 Å². The van der Waals surface area contributed by atoms with Crippen LogP contribution in [0.4, 0.5) is 5.69 Å². The number of aryl methyl sites for hydroxylation is 1. The van der Waals surface area contributed by atoms with Gasteiger partial charge in [-0.3, -0.25) is 9.59 Å². The van der Waals surface area contributed by atoms with E-state index < -0.39 is 5.41 Å². The quantitative estimate of drug-likeness (QED) is 0.760. The van der Waals surface area contributed by atoms with Crippen molar-refractivity contribution in [2.45, 2.75) is 26.3 Å². The highest BCUT2D eigenvalue weighted by molar-refractivity contribution is 6.30. The number of halogens is 1. The zero-order chi connectivity index (χ0) is 18.7. The van der Waals surface area contributed by atoms with Gasteiger partial charge < -0.3 is 15.4 Å². The molecule has 26 heavy (non-hydrogen) atoms. The lowest BCUT2D eigenvalue weighted by Gasteiger charge is -2.17. The molecule has 1 aliphatic carbocycles. The average Bonchev–Trinajstić information content (AvgIpc) is 3.44. The first kappa shape index (κ1) is 18.3. The Balaban J connectivity index is 1.66. The van der Waals surface area contributed by atoms with Crippen LogP contribution in [0.1, 0.15) is 24.0 Å². The highest BCUT2D eigenvalue weighted by Gasteiger charge is 2.56. The van der Waals surface area contributed by atoms with Crippen LogP contribution < -0.4 is 15.4 Å². The molecule has 3 rings (SSSR count). The third-order valence-electron chi connectivity index (χ3n) is 4.69. The summed E-state index contributed by atoms with van der Waals surface area (Å²) in [4.78, 5) is 25.3. The highest BCUT2D eigenvalue weighted by atomic mass is 35.5. The van der Waals surface area contributed by atoms with Crippen molar-refractivity contribution in [2.75, 3.05) is 12.4 Å². The first-order valence-electron chi connectivity index (χ1n) is 8.44. The Hall–Kier alpha value is -2.53. The first-order valence-corrected chi connectivity index (χ1v) is 8.82. The predicted molar refractivity (Wildman–Crippen MR) is 101 cm³/mol. The monoisotopic (exact) mass is 372 g/mol. The molecule has 0 saturated heterocycles. The number of nitrogens with one attached hydrogen (secondary N) is 2. The average molecular weight is 373 g/mol. The Morgan fingerprint density at radius 3 is 2.54 bits per heavy atom. The summed E-state index contributed by atoms with van der Waals surface area (Å²) in [5, 5.41) is 6.33. The maximum Gasteiger partial charge on any atom is 0.240 e. The van der Waals surface area contributed by atoms with Gasteiger partial charge in [0.05, 0.1) is 7.11 Å². The van der Waals surface area contributed by atoms with Crippen molar-refractivity contribution in [1.29, 1.82) is 0 Å². The van der Waals surface area contributed by atoms with Crippen LogP contribution in [-0.2, 0) is 16.1 Å². The standard InChI is InChI=1S/C20H21ClN2O3/c1-13-11-15(21)7-8-16(13)23-19(25)20(9-10-20)18(24)22-12-14-5-3-4-6-17(14)26-2/h3-8,11H,9-10,12H2,1-2H3,(H,22,24)(H,23,25). The van der Waals surface area contributed by atoms with Crippen molar-refractivity contribution in [3.8, 4) is 5.75 Å². The first-order chi connectivity index (χ1) is 12.5. The molecule has 2 amide bonds. The van der Waals surface area contributed by atoms with Crippen LogP contribution in [0, 0.1) is 12.3 Å². The number of anilines is 1. The second-order valence-corrected chi connectivity index (χ2v) is 6.93. The number of carbonyl (C=O) groups is 2. The summed E-state index contributed by atoms with van der Waals surface area (Å²) >= 11 is 5.94. The number of hydrogen-bond acceptors (Lipinski definition) is 3. The minimum absolute atomic E-state index is 0.257. The van der Waals surface area contributed by atoms with Gasteiger partial charge in [-0.1, -0.05) is 29.8 Å². The van der Waals surface area contributed by atoms with Crippen molar-refractivity contribution in [3.63, 3.8) is 0 Å². The number of rotatable bonds is 6. The van der Waals surface area contributed by atoms with Gasteiger partial charge in [-0.15, -0.1) is 0 Å². The van der Waals surface area contributed by atoms with Crippen molar-refractivity contribution < 1.29 is 14.3 Å². The minimum Gasteiger partial charge on any atom is -0.496 e. The molecular formula is C20H21ClN2O3. The zero-order valence-corrected chi connectivity index (χ0v) is 15.5. The zero-order valence-electron chi connectivity index (χ0n) is 14.8. The summed E-state index contributed by atoms with van der Waals surface area (Å²) < 4.78 is 5.29. The van der Waals surface area contributed by atoms with E-state index in [0.717, 1.165) is 11.1 Å². The van der Waals surface area contributed by atoms with Crippen LogP contribution in [0.25, 0.3) is 0 Å². The molecular weight excluding hydrogens is 352 g/mol. The third-order valence-corrected chi connectivity index (χ3v) is 4.92. The van der Waals surface area contributed by atoms with Crippen LogP contribution >= 0.6 is 11.6 Å². The van der Waals surface area contributed by atoms with Gasteiger partial charge in [-0.05, 0) is 49.6 Å². The van der Waals surface area contributed by atoms with Crippen LogP contribution in [-0.4, -0.2) is 18.9 Å². The van der Waals surface area contributed by atoms with Gasteiger partial charge in [0, 0.05) is 22.8 Å². The van der Waals surface area contributed by atoms with E-state index in [1.165, 1.54) is 0 Å². The van der Waals surface area contributed by atoms with Gasteiger partial charge in [0.15, 0.2) is 0 Å². The largest absolute Gasteiger partial charge is 0.496 e. The molecule has 0 heterocycles. The Morgan fingerprint density at radius 1 is 1.15 bits per heavy atom. The molecule has 1 saturated carbocycles. The smallest absolute Gasteiger partial charge is 0.240 e. The van der Waals surface area contributed by atoms with Crippen molar-refractivity contribution >= 4 is 29.1 Å². The number of ether oxygens (including phenoxy) is 1. The number of amides is 2. The topological polar surface area (TPSA) is 67.4 Å².